The summed E-state index contributed by atoms with van der Waals surface area (Å²) in [6, 6.07) is 34.9. The number of nitrogens with zero attached hydrogens (tertiary/aromatic N) is 1. The molecule has 0 saturated heterocycles. The first kappa shape index (κ1) is 25.3. The minimum Gasteiger partial charge on any atom is -0.325 e. The van der Waals surface area contributed by atoms with Gasteiger partial charge in [-0.2, -0.15) is 0 Å². The number of carbonyl (C=O) groups is 2. The fourth-order valence-electron chi connectivity index (χ4n) is 4.54. The van der Waals surface area contributed by atoms with E-state index in [4.69, 9.17) is 0 Å². The molecule has 0 heterocycles. The third kappa shape index (κ3) is 6.87. The molecule has 0 aliphatic rings. The highest BCUT2D eigenvalue weighted by molar-refractivity contribution is 6.09. The van der Waals surface area contributed by atoms with Crippen LogP contribution in [-0.4, -0.2) is 36.7 Å². The Morgan fingerprint density at radius 2 is 0.944 bits per heavy atom. The third-order valence-electron chi connectivity index (χ3n) is 6.59. The molecule has 0 radical (unpaired) electrons. The molecular weight excluding hydrogens is 442 g/mol. The van der Waals surface area contributed by atoms with Gasteiger partial charge < -0.3 is 4.48 Å². The van der Waals surface area contributed by atoms with E-state index in [2.05, 4.69) is 38.4 Å². The second-order valence-electron chi connectivity index (χ2n) is 10.1. The van der Waals surface area contributed by atoms with Gasteiger partial charge in [-0.1, -0.05) is 109 Å². The molecule has 4 aromatic rings. The quantitative estimate of drug-likeness (QED) is 0.136. The Labute approximate surface area is 214 Å². The van der Waals surface area contributed by atoms with Crippen LogP contribution in [-0.2, 0) is 13.0 Å². The normalized spacial score (nSPS) is 11.3. The van der Waals surface area contributed by atoms with Gasteiger partial charge in [-0.25, -0.2) is 0 Å². The number of hydrogen-bond acceptors (Lipinski definition) is 2. The van der Waals surface area contributed by atoms with Crippen molar-refractivity contribution in [3.63, 3.8) is 0 Å². The van der Waals surface area contributed by atoms with Crippen molar-refractivity contribution in [1.29, 1.82) is 0 Å². The Morgan fingerprint density at radius 1 is 0.528 bits per heavy atom. The number of carbonyl (C=O) groups excluding carboxylic acids is 2. The minimum absolute atomic E-state index is 0.0633. The second kappa shape index (κ2) is 11.7. The van der Waals surface area contributed by atoms with Crippen molar-refractivity contribution in [3.05, 3.63) is 143 Å². The first-order valence-electron chi connectivity index (χ1n) is 12.6. The van der Waals surface area contributed by atoms with Crippen LogP contribution < -0.4 is 0 Å². The fraction of sp³-hybridized carbons (Fsp3) is 0.212. The van der Waals surface area contributed by atoms with E-state index in [1.54, 1.807) is 0 Å². The molecular formula is C33H34NO2+. The van der Waals surface area contributed by atoms with E-state index in [0.29, 0.717) is 0 Å². The number of ketones is 2. The van der Waals surface area contributed by atoms with Crippen LogP contribution >= 0.6 is 0 Å². The molecule has 182 valence electrons. The molecule has 0 amide bonds. The average Bonchev–Trinajstić information content (AvgIpc) is 2.92. The summed E-state index contributed by atoms with van der Waals surface area (Å²) >= 11 is 0. The molecule has 4 aromatic carbocycles. The number of unbranched alkanes of at least 4 members (excludes halogenated alkanes) is 1. The number of benzene rings is 4. The zero-order valence-corrected chi connectivity index (χ0v) is 21.2. The van der Waals surface area contributed by atoms with E-state index >= 15 is 0 Å². The lowest BCUT2D eigenvalue weighted by Crippen LogP contribution is -2.39. The smallest absolute Gasteiger partial charge is 0.193 e. The Hall–Kier alpha value is -3.82. The molecule has 0 aromatic heterocycles. The standard InChI is InChI=1S/C33H34NO2/c1-34(2,25-27-18-22-31(23-19-27)33(36)29-14-7-4-8-15-29)24-10-9-11-26-16-20-30(21-17-26)32(35)28-12-5-3-6-13-28/h3-8,12-23H,9-11,24-25H2,1-2H3/q+1. The maximum Gasteiger partial charge on any atom is 0.193 e. The molecule has 4 rings (SSSR count). The Kier molecular flexibility index (Phi) is 8.24. The zero-order valence-electron chi connectivity index (χ0n) is 21.2. The van der Waals surface area contributed by atoms with Crippen LogP contribution in [0.4, 0.5) is 0 Å². The van der Waals surface area contributed by atoms with Gasteiger partial charge in [-0.05, 0) is 24.8 Å². The molecule has 36 heavy (non-hydrogen) atoms. The Balaban J connectivity index is 1.23. The molecule has 0 N–H and O–H groups in total. The molecule has 0 aliphatic carbocycles. The van der Waals surface area contributed by atoms with E-state index in [1.165, 1.54) is 11.1 Å². The highest BCUT2D eigenvalue weighted by Gasteiger charge is 2.16. The van der Waals surface area contributed by atoms with E-state index in [1.807, 2.05) is 84.9 Å². The van der Waals surface area contributed by atoms with E-state index < -0.39 is 0 Å². The average molecular weight is 477 g/mol. The predicted molar refractivity (Wildman–Crippen MR) is 146 cm³/mol. The van der Waals surface area contributed by atoms with Crippen molar-refractivity contribution in [2.24, 2.45) is 0 Å². The number of quaternary nitrogens is 1. The lowest BCUT2D eigenvalue weighted by atomic mass is 10.0. The summed E-state index contributed by atoms with van der Waals surface area (Å²) in [6.45, 7) is 2.01. The summed E-state index contributed by atoms with van der Waals surface area (Å²) in [7, 11) is 4.51. The summed E-state index contributed by atoms with van der Waals surface area (Å²) in [6.07, 6.45) is 3.25. The van der Waals surface area contributed by atoms with Gasteiger partial charge in [-0.3, -0.25) is 9.59 Å². The van der Waals surface area contributed by atoms with Crippen molar-refractivity contribution in [2.75, 3.05) is 20.6 Å². The predicted octanol–water partition coefficient (Wildman–Crippen LogP) is 6.75. The van der Waals surface area contributed by atoms with Gasteiger partial charge >= 0.3 is 0 Å². The molecule has 3 heteroatoms. The summed E-state index contributed by atoms with van der Waals surface area (Å²) < 4.78 is 0.899. The van der Waals surface area contributed by atoms with Gasteiger partial charge in [0, 0.05) is 27.8 Å². The first-order valence-corrected chi connectivity index (χ1v) is 12.6. The number of hydrogen-bond donors (Lipinski definition) is 0. The molecule has 0 bridgehead atoms. The van der Waals surface area contributed by atoms with Gasteiger partial charge in [0.2, 0.25) is 0 Å². The lowest BCUT2D eigenvalue weighted by Gasteiger charge is -2.30. The lowest BCUT2D eigenvalue weighted by molar-refractivity contribution is -0.903. The maximum absolute atomic E-state index is 12.6. The van der Waals surface area contributed by atoms with Crippen molar-refractivity contribution >= 4 is 11.6 Å². The van der Waals surface area contributed by atoms with Crippen LogP contribution in [0.15, 0.2) is 109 Å². The van der Waals surface area contributed by atoms with Crippen LogP contribution in [0.3, 0.4) is 0 Å². The molecule has 0 fully saturated rings. The highest BCUT2D eigenvalue weighted by Crippen LogP contribution is 2.17. The van der Waals surface area contributed by atoms with Crippen LogP contribution in [0.5, 0.6) is 0 Å². The first-order chi connectivity index (χ1) is 17.4. The van der Waals surface area contributed by atoms with Crippen LogP contribution in [0.2, 0.25) is 0 Å². The summed E-state index contributed by atoms with van der Waals surface area (Å²) in [5.41, 5.74) is 5.42. The zero-order chi connectivity index (χ0) is 25.4. The van der Waals surface area contributed by atoms with Crippen molar-refractivity contribution < 1.29 is 14.1 Å². The van der Waals surface area contributed by atoms with E-state index in [9.17, 15) is 9.59 Å². The van der Waals surface area contributed by atoms with Crippen molar-refractivity contribution in [2.45, 2.75) is 25.8 Å². The van der Waals surface area contributed by atoms with Gasteiger partial charge in [0.15, 0.2) is 11.6 Å². The van der Waals surface area contributed by atoms with Gasteiger partial charge in [0.05, 0.1) is 20.6 Å². The molecule has 0 unspecified atom stereocenters. The van der Waals surface area contributed by atoms with Crippen LogP contribution in [0.25, 0.3) is 0 Å². The van der Waals surface area contributed by atoms with Gasteiger partial charge in [0.25, 0.3) is 0 Å². The molecule has 0 saturated carbocycles. The summed E-state index contributed by atoms with van der Waals surface area (Å²) in [5, 5.41) is 0. The SMILES string of the molecule is C[N+](C)(CCCCc1ccc(C(=O)c2ccccc2)cc1)Cc1ccc(C(=O)c2ccccc2)cc1. The Morgan fingerprint density at radius 3 is 1.42 bits per heavy atom. The van der Waals surface area contributed by atoms with Crippen molar-refractivity contribution in [3.8, 4) is 0 Å². The Bertz CT molecular complexity index is 1280. The monoisotopic (exact) mass is 476 g/mol. The van der Waals surface area contributed by atoms with Crippen molar-refractivity contribution in [1.82, 2.24) is 0 Å². The number of aryl methyl sites for hydroxylation is 1. The largest absolute Gasteiger partial charge is 0.325 e. The molecule has 3 nitrogen and oxygen atoms in total. The fourth-order valence-corrected chi connectivity index (χ4v) is 4.54. The summed E-state index contributed by atoms with van der Waals surface area (Å²) in [5.74, 6) is 0.132. The molecule has 0 atom stereocenters. The molecule has 0 spiro atoms. The van der Waals surface area contributed by atoms with E-state index in [0.717, 1.165) is 59.1 Å². The van der Waals surface area contributed by atoms with E-state index in [-0.39, 0.29) is 11.6 Å². The second-order valence-corrected chi connectivity index (χ2v) is 10.1. The van der Waals surface area contributed by atoms with Crippen LogP contribution in [0, 0.1) is 0 Å². The highest BCUT2D eigenvalue weighted by atomic mass is 16.1. The van der Waals surface area contributed by atoms with Gasteiger partial charge in [0.1, 0.15) is 6.54 Å². The topological polar surface area (TPSA) is 34.1 Å². The van der Waals surface area contributed by atoms with Gasteiger partial charge in [-0.15, -0.1) is 0 Å². The number of rotatable bonds is 11. The maximum atomic E-state index is 12.6. The minimum atomic E-state index is 0.0633. The van der Waals surface area contributed by atoms with Crippen LogP contribution in [0.1, 0.15) is 55.8 Å². The molecule has 0 aliphatic heterocycles. The third-order valence-corrected chi connectivity index (χ3v) is 6.59. The summed E-state index contributed by atoms with van der Waals surface area (Å²) in [4.78, 5) is 25.2.